The molecule has 0 amide bonds. The van der Waals surface area contributed by atoms with Crippen molar-refractivity contribution in [1.82, 2.24) is 9.47 Å². The number of carbonyl (C=O) groups is 2. The number of hydrogen-bond donors (Lipinski definition) is 1. The number of carboxylic acids is 1. The second-order valence-corrected chi connectivity index (χ2v) is 9.07. The lowest BCUT2D eigenvalue weighted by Gasteiger charge is -2.35. The van der Waals surface area contributed by atoms with Crippen molar-refractivity contribution in [2.75, 3.05) is 38.3 Å². The number of halogens is 2. The summed E-state index contributed by atoms with van der Waals surface area (Å²) < 4.78 is 27.7. The van der Waals surface area contributed by atoms with Crippen molar-refractivity contribution >= 4 is 40.1 Å². The Morgan fingerprint density at radius 3 is 2.76 bits per heavy atom. The first-order chi connectivity index (χ1) is 16.3. The van der Waals surface area contributed by atoms with Crippen LogP contribution in [-0.4, -0.2) is 72.0 Å². The fourth-order valence-electron chi connectivity index (χ4n) is 4.82. The van der Waals surface area contributed by atoms with Crippen LogP contribution in [-0.2, 0) is 14.3 Å². The van der Waals surface area contributed by atoms with Gasteiger partial charge in [0.2, 0.25) is 5.43 Å². The molecule has 2 atom stereocenters. The molecule has 2 aliphatic heterocycles. The topological polar surface area (TPSA) is 101 Å². The number of nitrogens with zero attached hydrogens (tertiary/aromatic N) is 3. The number of carbonyl (C=O) groups excluding carboxylic acids is 1. The number of aromatic carboxylic acids is 1. The molecular formula is C23H23ClFN3O6. The van der Waals surface area contributed by atoms with Gasteiger partial charge in [-0.15, -0.1) is 0 Å². The molecule has 1 aliphatic carbocycles. The second kappa shape index (κ2) is 8.59. The Labute approximate surface area is 198 Å². The van der Waals surface area contributed by atoms with Crippen LogP contribution < -0.4 is 10.3 Å². The van der Waals surface area contributed by atoms with Crippen LogP contribution in [0, 0.1) is 5.82 Å². The monoisotopic (exact) mass is 491 g/mol. The summed E-state index contributed by atoms with van der Waals surface area (Å²) >= 11 is 6.74. The number of aromatic nitrogens is 1. The number of fused-ring (bicyclic) bond motifs is 2. The Bertz CT molecular complexity index is 1270. The highest BCUT2D eigenvalue weighted by Crippen LogP contribution is 2.43. The van der Waals surface area contributed by atoms with Crippen LogP contribution in [0.25, 0.3) is 10.9 Å². The number of anilines is 1. The lowest BCUT2D eigenvalue weighted by Crippen LogP contribution is -2.48. The van der Waals surface area contributed by atoms with Gasteiger partial charge in [0, 0.05) is 44.1 Å². The Morgan fingerprint density at radius 2 is 2.09 bits per heavy atom. The molecule has 9 nitrogen and oxygen atoms in total. The molecule has 0 unspecified atom stereocenters. The summed E-state index contributed by atoms with van der Waals surface area (Å²) in [4.78, 5) is 39.7. The largest absolute Gasteiger partial charge is 0.477 e. The van der Waals surface area contributed by atoms with E-state index in [2.05, 4.69) is 4.74 Å². The maximum atomic E-state index is 15.4. The first-order valence-corrected chi connectivity index (χ1v) is 11.4. The van der Waals surface area contributed by atoms with E-state index in [-0.39, 0.29) is 34.3 Å². The molecular weight excluding hydrogens is 469 g/mol. The second-order valence-electron chi connectivity index (χ2n) is 8.69. The Balaban J connectivity index is 1.56. The number of benzene rings is 1. The predicted molar refractivity (Wildman–Crippen MR) is 122 cm³/mol. The number of pyridine rings is 1. The van der Waals surface area contributed by atoms with Crippen molar-refractivity contribution in [3.05, 3.63) is 51.2 Å². The Hall–Kier alpha value is -3.11. The van der Waals surface area contributed by atoms with E-state index in [4.69, 9.17) is 16.3 Å². The third-order valence-corrected chi connectivity index (χ3v) is 6.98. The minimum absolute atomic E-state index is 0.0143. The van der Waals surface area contributed by atoms with Crippen molar-refractivity contribution in [2.24, 2.45) is 0 Å². The van der Waals surface area contributed by atoms with Gasteiger partial charge in [-0.25, -0.2) is 14.0 Å². The van der Waals surface area contributed by atoms with Crippen molar-refractivity contribution in [2.45, 2.75) is 31.0 Å². The fraction of sp³-hybridized carbons (Fsp3) is 0.435. The highest BCUT2D eigenvalue weighted by Gasteiger charge is 2.41. The van der Waals surface area contributed by atoms with Crippen LogP contribution in [0.1, 0.15) is 29.2 Å². The maximum Gasteiger partial charge on any atom is 0.341 e. The third kappa shape index (κ3) is 3.80. The van der Waals surface area contributed by atoms with E-state index in [0.29, 0.717) is 31.8 Å². The normalized spacial score (nSPS) is 22.4. The third-order valence-electron chi connectivity index (χ3n) is 6.62. The highest BCUT2D eigenvalue weighted by atomic mass is 35.5. The molecule has 3 fully saturated rings. The molecule has 1 aromatic carbocycles. The average Bonchev–Trinajstić information content (AvgIpc) is 3.56. The van der Waals surface area contributed by atoms with Crippen LogP contribution >= 0.6 is 11.6 Å². The fourth-order valence-corrected chi connectivity index (χ4v) is 5.23. The lowest BCUT2D eigenvalue weighted by atomic mass is 10.1. The quantitative estimate of drug-likeness (QED) is 0.502. The molecule has 0 bridgehead atoms. The van der Waals surface area contributed by atoms with Gasteiger partial charge in [0.15, 0.2) is 0 Å². The van der Waals surface area contributed by atoms with Crippen LogP contribution in [0.15, 0.2) is 29.3 Å². The van der Waals surface area contributed by atoms with E-state index in [1.165, 1.54) is 19.4 Å². The summed E-state index contributed by atoms with van der Waals surface area (Å²) in [6.45, 7) is 1.78. The smallest absolute Gasteiger partial charge is 0.341 e. The van der Waals surface area contributed by atoms with Gasteiger partial charge in [0.1, 0.15) is 11.4 Å². The molecule has 180 valence electrons. The molecule has 1 aromatic heterocycles. The standard InChI is InChI=1S/C23H23ClFN3O6/c1-33-18(29)4-5-26-6-7-34-17-11-27(10-16(17)26)21-15(25)8-13-20(19(21)24)28(12-2-3-12)9-14(22(13)30)23(31)32/h4-5,8-9,12,16-17H,2-3,6-7,10-11H2,1H3,(H,31,32)/b5-4+/t16-,17+/m1/s1. The Morgan fingerprint density at radius 1 is 1.32 bits per heavy atom. The van der Waals surface area contributed by atoms with Crippen molar-refractivity contribution in [3.63, 3.8) is 0 Å². The number of methoxy groups -OCH3 is 1. The zero-order valence-electron chi connectivity index (χ0n) is 18.4. The Kier molecular flexibility index (Phi) is 5.73. The van der Waals surface area contributed by atoms with Gasteiger partial charge >= 0.3 is 11.9 Å². The lowest BCUT2D eigenvalue weighted by molar-refractivity contribution is -0.135. The van der Waals surface area contributed by atoms with E-state index in [1.54, 1.807) is 15.7 Å². The number of esters is 1. The van der Waals surface area contributed by atoms with E-state index < -0.39 is 28.7 Å². The summed E-state index contributed by atoms with van der Waals surface area (Å²) in [5, 5.41) is 9.48. The summed E-state index contributed by atoms with van der Waals surface area (Å²) in [6, 6.07) is 0.961. The van der Waals surface area contributed by atoms with Gasteiger partial charge in [-0.1, -0.05) is 11.6 Å². The minimum atomic E-state index is -1.36. The molecule has 3 aliphatic rings. The van der Waals surface area contributed by atoms with Gasteiger partial charge in [-0.2, -0.15) is 0 Å². The van der Waals surface area contributed by atoms with Gasteiger partial charge in [0.25, 0.3) is 0 Å². The van der Waals surface area contributed by atoms with Crippen molar-refractivity contribution < 1.29 is 28.6 Å². The number of carboxylic acid groups (broad SMARTS) is 1. The molecule has 3 heterocycles. The molecule has 34 heavy (non-hydrogen) atoms. The summed E-state index contributed by atoms with van der Waals surface area (Å²) in [5.41, 5.74) is -0.671. The molecule has 5 rings (SSSR count). The predicted octanol–water partition coefficient (Wildman–Crippen LogP) is 2.40. The first-order valence-electron chi connectivity index (χ1n) is 11.0. The van der Waals surface area contributed by atoms with Gasteiger partial charge in [-0.05, 0) is 18.9 Å². The van der Waals surface area contributed by atoms with E-state index >= 15 is 4.39 Å². The zero-order chi connectivity index (χ0) is 24.1. The van der Waals surface area contributed by atoms with E-state index in [0.717, 1.165) is 18.9 Å². The number of rotatable bonds is 5. The summed E-state index contributed by atoms with van der Waals surface area (Å²) in [6.07, 6.45) is 5.72. The number of morpholine rings is 1. The minimum Gasteiger partial charge on any atom is -0.477 e. The van der Waals surface area contributed by atoms with Crippen LogP contribution in [0.5, 0.6) is 0 Å². The maximum absolute atomic E-state index is 15.4. The van der Waals surface area contributed by atoms with E-state index in [9.17, 15) is 19.5 Å². The highest BCUT2D eigenvalue weighted by molar-refractivity contribution is 6.38. The van der Waals surface area contributed by atoms with Gasteiger partial charge in [0.05, 0.1) is 47.5 Å². The molecule has 2 aromatic rings. The molecule has 0 spiro atoms. The van der Waals surface area contributed by atoms with E-state index in [1.807, 2.05) is 4.90 Å². The SMILES string of the molecule is COC(=O)/C=C/N1CCO[C@H]2CN(c3c(F)cc4c(=O)c(C(=O)O)cn(C5CC5)c4c3Cl)C[C@H]21. The number of hydrogen-bond acceptors (Lipinski definition) is 7. The van der Waals surface area contributed by atoms with Crippen LogP contribution in [0.3, 0.4) is 0 Å². The van der Waals surface area contributed by atoms with Crippen molar-refractivity contribution in [1.29, 1.82) is 0 Å². The summed E-state index contributed by atoms with van der Waals surface area (Å²) in [5.74, 6) is -2.53. The molecule has 2 saturated heterocycles. The zero-order valence-corrected chi connectivity index (χ0v) is 19.1. The first kappa shape index (κ1) is 22.7. The van der Waals surface area contributed by atoms with Crippen LogP contribution in [0.2, 0.25) is 5.02 Å². The average molecular weight is 492 g/mol. The number of ether oxygens (including phenoxy) is 2. The molecule has 1 N–H and O–H groups in total. The summed E-state index contributed by atoms with van der Waals surface area (Å²) in [7, 11) is 1.30. The molecule has 1 saturated carbocycles. The van der Waals surface area contributed by atoms with Gasteiger partial charge in [-0.3, -0.25) is 4.79 Å². The molecule has 0 radical (unpaired) electrons. The van der Waals surface area contributed by atoms with Crippen LogP contribution in [0.4, 0.5) is 10.1 Å². The molecule has 11 heteroatoms. The van der Waals surface area contributed by atoms with Crippen molar-refractivity contribution in [3.8, 4) is 0 Å². The van der Waals surface area contributed by atoms with Gasteiger partial charge < -0.3 is 28.9 Å².